The number of rotatable bonds is 11. The monoisotopic (exact) mass is 590 g/mol. The molecule has 0 aromatic carbocycles. The molecule has 0 amide bonds. The minimum Gasteiger partial charge on any atom is -0.459 e. The van der Waals surface area contributed by atoms with Gasteiger partial charge in [-0.05, 0) is 31.4 Å². The molecule has 0 aromatic rings. The van der Waals surface area contributed by atoms with E-state index in [0.29, 0.717) is 12.0 Å². The van der Waals surface area contributed by atoms with E-state index in [1.165, 1.54) is 26.2 Å². The Labute approximate surface area is 247 Å². The van der Waals surface area contributed by atoms with E-state index >= 15 is 0 Å². The largest absolute Gasteiger partial charge is 0.459 e. The molecule has 0 radical (unpaired) electrons. The summed E-state index contributed by atoms with van der Waals surface area (Å²) in [6.45, 7) is 12.4. The first-order valence-electron chi connectivity index (χ1n) is 15.7. The highest BCUT2D eigenvalue weighted by Crippen LogP contribution is 2.73. The van der Waals surface area contributed by atoms with Gasteiger partial charge in [0.1, 0.15) is 30.0 Å². The van der Waals surface area contributed by atoms with Crippen LogP contribution in [0, 0.1) is 17.8 Å². The standard InChI is InChI=1S/C32H46O10/c1-7-8-9-10-11-12-13-14-29-40-26-22-25-28(16-33,39-25)27(36)30(37)21(15-18(4)23(30)35)32(22,42-29)19(5)24(38-20(6)34)31(26,41-29)17(2)3/h15,19,21-22,24-27,33,36-37H,2,7-14,16H2,1,3-6H3/t19-,21-,22+,24-,25?,26?,27-,28+,29?,30-,31+,32+/m1/s1. The van der Waals surface area contributed by atoms with E-state index < -0.39 is 88.9 Å². The lowest BCUT2D eigenvalue weighted by atomic mass is 9.53. The predicted octanol–water partition coefficient (Wildman–Crippen LogP) is 2.86. The molecule has 3 heterocycles. The fraction of sp³-hybridized carbons (Fsp3) is 0.812. The Morgan fingerprint density at radius 2 is 1.74 bits per heavy atom. The summed E-state index contributed by atoms with van der Waals surface area (Å²) < 4.78 is 32.8. The molecular formula is C32H46O10. The molecule has 3 saturated heterocycles. The smallest absolute Gasteiger partial charge is 0.303 e. The maximum absolute atomic E-state index is 13.7. The van der Waals surface area contributed by atoms with E-state index in [9.17, 15) is 24.9 Å². The van der Waals surface area contributed by atoms with Crippen LogP contribution in [0.2, 0.25) is 0 Å². The average molecular weight is 591 g/mol. The van der Waals surface area contributed by atoms with Gasteiger partial charge in [-0.15, -0.1) is 0 Å². The minimum atomic E-state index is -2.34. The van der Waals surface area contributed by atoms with Crippen molar-refractivity contribution in [1.29, 1.82) is 0 Å². The molecule has 234 valence electrons. The van der Waals surface area contributed by atoms with Crippen molar-refractivity contribution in [2.24, 2.45) is 17.8 Å². The number of hydrogen-bond acceptors (Lipinski definition) is 10. The van der Waals surface area contributed by atoms with Crippen LogP contribution in [0.5, 0.6) is 0 Å². The molecule has 3 aliphatic carbocycles. The quantitative estimate of drug-likeness (QED) is 0.142. The maximum Gasteiger partial charge on any atom is 0.303 e. The molecule has 3 aliphatic heterocycles. The maximum atomic E-state index is 13.7. The molecule has 6 aliphatic rings. The summed E-state index contributed by atoms with van der Waals surface area (Å²) in [7, 11) is 0. The number of ketones is 1. The first-order valence-corrected chi connectivity index (χ1v) is 15.7. The SMILES string of the molecule is C=C(C)[C@@]12OC3(CCCCCCCCC)OC1[C@@H]1C4O[C@]4(CO)[C@@H](O)[C@]4(O)C(=O)C(C)=C[C@H]4[C@@]1(O3)[C@H](C)[C@H]2OC(C)=O. The molecule has 12 atom stereocenters. The summed E-state index contributed by atoms with van der Waals surface area (Å²) in [5.74, 6) is -5.13. The van der Waals surface area contributed by atoms with E-state index in [4.69, 9.17) is 23.7 Å². The number of esters is 1. The van der Waals surface area contributed by atoms with Crippen LogP contribution >= 0.6 is 0 Å². The van der Waals surface area contributed by atoms with Crippen molar-refractivity contribution in [3.05, 3.63) is 23.8 Å². The van der Waals surface area contributed by atoms with Crippen LogP contribution in [0.1, 0.15) is 86.0 Å². The molecule has 3 bridgehead atoms. The van der Waals surface area contributed by atoms with Gasteiger partial charge in [-0.2, -0.15) is 0 Å². The van der Waals surface area contributed by atoms with Gasteiger partial charge >= 0.3 is 5.97 Å². The molecule has 10 heteroatoms. The molecule has 3 N–H and O–H groups in total. The molecule has 0 aromatic heterocycles. The van der Waals surface area contributed by atoms with Gasteiger partial charge in [-0.3, -0.25) is 9.59 Å². The first kappa shape index (κ1) is 30.4. The summed E-state index contributed by atoms with van der Waals surface area (Å²) in [5.41, 5.74) is -5.82. The fourth-order valence-corrected chi connectivity index (χ4v) is 9.22. The normalized spacial score (nSPS) is 49.6. The van der Waals surface area contributed by atoms with Crippen molar-refractivity contribution in [2.45, 2.75) is 139 Å². The van der Waals surface area contributed by atoms with Crippen molar-refractivity contribution in [2.75, 3.05) is 6.61 Å². The molecule has 5 fully saturated rings. The fourth-order valence-electron chi connectivity index (χ4n) is 9.22. The van der Waals surface area contributed by atoms with Crippen molar-refractivity contribution < 1.29 is 48.6 Å². The zero-order valence-corrected chi connectivity index (χ0v) is 25.4. The summed E-state index contributed by atoms with van der Waals surface area (Å²) >= 11 is 0. The van der Waals surface area contributed by atoms with Gasteiger partial charge in [0.25, 0.3) is 5.97 Å². The number of aliphatic hydroxyl groups excluding tert-OH is 2. The van der Waals surface area contributed by atoms with Gasteiger partial charge in [-0.25, -0.2) is 0 Å². The Balaban J connectivity index is 1.49. The van der Waals surface area contributed by atoms with Crippen LogP contribution in [0.3, 0.4) is 0 Å². The third kappa shape index (κ3) is 3.63. The van der Waals surface area contributed by atoms with Crippen molar-refractivity contribution >= 4 is 11.8 Å². The second kappa shape index (κ2) is 9.92. The number of carbonyl (C=O) groups is 2. The molecule has 2 saturated carbocycles. The van der Waals surface area contributed by atoms with E-state index in [1.54, 1.807) is 19.9 Å². The lowest BCUT2D eigenvalue weighted by Gasteiger charge is -2.61. The highest BCUT2D eigenvalue weighted by Gasteiger charge is 2.90. The van der Waals surface area contributed by atoms with Gasteiger partial charge in [0, 0.05) is 31.1 Å². The van der Waals surface area contributed by atoms with Crippen molar-refractivity contribution in [1.82, 2.24) is 0 Å². The number of unbranched alkanes of at least 4 members (excludes halogenated alkanes) is 6. The second-order valence-corrected chi connectivity index (χ2v) is 13.6. The minimum absolute atomic E-state index is 0.277. The molecule has 42 heavy (non-hydrogen) atoms. The van der Waals surface area contributed by atoms with Gasteiger partial charge in [0.15, 0.2) is 17.0 Å². The van der Waals surface area contributed by atoms with Crippen LogP contribution in [-0.4, -0.2) is 86.5 Å². The molecular weight excluding hydrogens is 544 g/mol. The predicted molar refractivity (Wildman–Crippen MR) is 149 cm³/mol. The van der Waals surface area contributed by atoms with Crippen LogP contribution in [0.4, 0.5) is 0 Å². The van der Waals surface area contributed by atoms with Crippen LogP contribution < -0.4 is 0 Å². The van der Waals surface area contributed by atoms with E-state index in [-0.39, 0.29) is 5.57 Å². The highest BCUT2D eigenvalue weighted by atomic mass is 16.9. The first-order chi connectivity index (χ1) is 19.8. The number of Topliss-reactive ketones (excluding diaryl/α,β-unsaturated/α-hetero) is 1. The number of hydrogen-bond donors (Lipinski definition) is 3. The number of epoxide rings is 1. The zero-order valence-electron chi connectivity index (χ0n) is 25.4. The number of ether oxygens (including phenoxy) is 5. The summed E-state index contributed by atoms with van der Waals surface area (Å²) in [6, 6.07) is 0. The Morgan fingerprint density at radius 3 is 2.36 bits per heavy atom. The van der Waals surface area contributed by atoms with Gasteiger partial charge in [-0.1, -0.05) is 65.0 Å². The lowest BCUT2D eigenvalue weighted by molar-refractivity contribution is -0.431. The Bertz CT molecular complexity index is 1200. The number of carbonyl (C=O) groups excluding carboxylic acids is 2. The van der Waals surface area contributed by atoms with E-state index in [0.717, 1.165) is 25.7 Å². The van der Waals surface area contributed by atoms with Crippen LogP contribution in [0.25, 0.3) is 0 Å². The lowest BCUT2D eigenvalue weighted by Crippen LogP contribution is -2.76. The van der Waals surface area contributed by atoms with Gasteiger partial charge in [0.2, 0.25) is 0 Å². The molecule has 10 nitrogen and oxygen atoms in total. The third-order valence-corrected chi connectivity index (χ3v) is 11.2. The van der Waals surface area contributed by atoms with Crippen LogP contribution in [0.15, 0.2) is 23.8 Å². The van der Waals surface area contributed by atoms with Gasteiger partial charge in [0.05, 0.1) is 12.2 Å². The molecule has 3 unspecified atom stereocenters. The third-order valence-electron chi connectivity index (χ3n) is 11.2. The van der Waals surface area contributed by atoms with Crippen LogP contribution in [-0.2, 0) is 33.3 Å². The average Bonchev–Trinajstić information content (AvgIpc) is 3.57. The summed E-state index contributed by atoms with van der Waals surface area (Å²) in [5, 5.41) is 34.5. The highest BCUT2D eigenvalue weighted by molar-refractivity contribution is 6.05. The zero-order chi connectivity index (χ0) is 30.5. The van der Waals surface area contributed by atoms with E-state index in [2.05, 4.69) is 13.5 Å². The number of fused-ring (bicyclic) bond motifs is 3. The van der Waals surface area contributed by atoms with Gasteiger partial charge < -0.3 is 39.0 Å². The number of aliphatic hydroxyl groups is 3. The van der Waals surface area contributed by atoms with E-state index in [1.807, 2.05) is 6.92 Å². The van der Waals surface area contributed by atoms with Crippen molar-refractivity contribution in [3.8, 4) is 0 Å². The Hall–Kier alpha value is -1.66. The Morgan fingerprint density at radius 1 is 1.07 bits per heavy atom. The molecule has 6 rings (SSSR count). The topological polar surface area (TPSA) is 144 Å². The summed E-state index contributed by atoms with van der Waals surface area (Å²) in [6.07, 6.45) is 5.20. The second-order valence-electron chi connectivity index (χ2n) is 13.6. The molecule has 0 spiro atoms. The summed E-state index contributed by atoms with van der Waals surface area (Å²) in [4.78, 5) is 26.2. The Kier molecular flexibility index (Phi) is 7.18. The van der Waals surface area contributed by atoms with Crippen molar-refractivity contribution in [3.63, 3.8) is 0 Å².